The van der Waals surface area contributed by atoms with Crippen molar-refractivity contribution in [1.82, 2.24) is 10.6 Å². The SMILES string of the molecule is CCCC1CN=C(NCCC(=O)NCC(C)C)S1. The van der Waals surface area contributed by atoms with E-state index in [1.165, 1.54) is 12.8 Å². The zero-order chi connectivity index (χ0) is 13.4. The van der Waals surface area contributed by atoms with E-state index in [0.717, 1.165) is 18.3 Å². The molecule has 0 saturated heterocycles. The Morgan fingerprint density at radius 2 is 2.33 bits per heavy atom. The lowest BCUT2D eigenvalue weighted by Gasteiger charge is -2.09. The number of nitrogens with one attached hydrogen (secondary N) is 2. The average Bonchev–Trinajstić information content (AvgIpc) is 2.75. The molecule has 0 saturated carbocycles. The average molecular weight is 271 g/mol. The molecular weight excluding hydrogens is 246 g/mol. The molecule has 1 atom stereocenters. The summed E-state index contributed by atoms with van der Waals surface area (Å²) in [6, 6.07) is 0. The highest BCUT2D eigenvalue weighted by molar-refractivity contribution is 8.14. The summed E-state index contributed by atoms with van der Waals surface area (Å²) >= 11 is 1.81. The Labute approximate surface area is 114 Å². The molecule has 104 valence electrons. The second kappa shape index (κ2) is 8.40. The van der Waals surface area contributed by atoms with Crippen LogP contribution in [-0.2, 0) is 4.79 Å². The van der Waals surface area contributed by atoms with Crippen LogP contribution in [0, 0.1) is 5.92 Å². The summed E-state index contributed by atoms with van der Waals surface area (Å²) in [6.45, 7) is 8.74. The Morgan fingerprint density at radius 3 is 3.00 bits per heavy atom. The van der Waals surface area contributed by atoms with E-state index in [0.29, 0.717) is 24.1 Å². The third-order valence-corrected chi connectivity index (χ3v) is 3.88. The molecule has 0 aromatic heterocycles. The van der Waals surface area contributed by atoms with Crippen molar-refractivity contribution in [1.29, 1.82) is 0 Å². The number of hydrogen-bond donors (Lipinski definition) is 2. The van der Waals surface area contributed by atoms with E-state index in [2.05, 4.69) is 36.4 Å². The number of amidine groups is 1. The van der Waals surface area contributed by atoms with E-state index in [1.807, 2.05) is 11.8 Å². The van der Waals surface area contributed by atoms with Crippen molar-refractivity contribution in [3.8, 4) is 0 Å². The molecule has 1 amide bonds. The monoisotopic (exact) mass is 271 g/mol. The van der Waals surface area contributed by atoms with Crippen LogP contribution in [0.25, 0.3) is 0 Å². The van der Waals surface area contributed by atoms with Crippen molar-refractivity contribution >= 4 is 22.8 Å². The highest BCUT2D eigenvalue weighted by Crippen LogP contribution is 2.23. The molecule has 0 spiro atoms. The molecule has 18 heavy (non-hydrogen) atoms. The Hall–Kier alpha value is -0.710. The van der Waals surface area contributed by atoms with Crippen LogP contribution < -0.4 is 10.6 Å². The van der Waals surface area contributed by atoms with Gasteiger partial charge in [-0.25, -0.2) is 0 Å². The van der Waals surface area contributed by atoms with Crippen molar-refractivity contribution in [3.63, 3.8) is 0 Å². The lowest BCUT2D eigenvalue weighted by atomic mass is 10.2. The summed E-state index contributed by atoms with van der Waals surface area (Å²) in [5.74, 6) is 0.622. The maximum absolute atomic E-state index is 11.5. The van der Waals surface area contributed by atoms with Crippen LogP contribution in [0.4, 0.5) is 0 Å². The van der Waals surface area contributed by atoms with Crippen molar-refractivity contribution in [2.45, 2.75) is 45.3 Å². The summed E-state index contributed by atoms with van der Waals surface area (Å²) in [5.41, 5.74) is 0. The molecule has 0 radical (unpaired) electrons. The number of carbonyl (C=O) groups excluding carboxylic acids is 1. The second-order valence-corrected chi connectivity index (χ2v) is 6.34. The maximum atomic E-state index is 11.5. The van der Waals surface area contributed by atoms with E-state index in [-0.39, 0.29) is 5.91 Å². The summed E-state index contributed by atoms with van der Waals surface area (Å²) in [7, 11) is 0. The Bertz CT molecular complexity index is 292. The molecule has 0 aromatic carbocycles. The molecule has 0 aromatic rings. The lowest BCUT2D eigenvalue weighted by Crippen LogP contribution is -2.31. The van der Waals surface area contributed by atoms with Crippen LogP contribution in [0.5, 0.6) is 0 Å². The Balaban J connectivity index is 2.06. The topological polar surface area (TPSA) is 53.5 Å². The smallest absolute Gasteiger partial charge is 0.221 e. The van der Waals surface area contributed by atoms with Gasteiger partial charge in [0.05, 0.1) is 6.54 Å². The standard InChI is InChI=1S/C13H25N3OS/c1-4-5-11-9-16-13(18-11)14-7-6-12(17)15-8-10(2)3/h10-11H,4-9H2,1-3H3,(H,14,16)(H,15,17). The molecule has 0 aliphatic carbocycles. The molecule has 1 rings (SSSR count). The summed E-state index contributed by atoms with van der Waals surface area (Å²) in [6.07, 6.45) is 2.94. The molecule has 4 nitrogen and oxygen atoms in total. The predicted molar refractivity (Wildman–Crippen MR) is 79.1 cm³/mol. The van der Waals surface area contributed by atoms with Crippen LogP contribution in [0.1, 0.15) is 40.0 Å². The molecule has 2 N–H and O–H groups in total. The van der Waals surface area contributed by atoms with Gasteiger partial charge in [0, 0.05) is 24.8 Å². The van der Waals surface area contributed by atoms with Crippen LogP contribution in [0.2, 0.25) is 0 Å². The van der Waals surface area contributed by atoms with Gasteiger partial charge in [0.2, 0.25) is 5.91 Å². The first-order chi connectivity index (χ1) is 8.61. The number of carbonyl (C=O) groups is 1. The number of aliphatic imine (C=N–C) groups is 1. The van der Waals surface area contributed by atoms with Gasteiger partial charge in [-0.15, -0.1) is 0 Å². The van der Waals surface area contributed by atoms with Crippen LogP contribution >= 0.6 is 11.8 Å². The minimum atomic E-state index is 0.116. The van der Waals surface area contributed by atoms with Crippen LogP contribution in [0.3, 0.4) is 0 Å². The van der Waals surface area contributed by atoms with Gasteiger partial charge in [0.1, 0.15) is 0 Å². The molecule has 1 aliphatic heterocycles. The third-order valence-electron chi connectivity index (χ3n) is 2.66. The minimum Gasteiger partial charge on any atom is -0.364 e. The zero-order valence-electron chi connectivity index (χ0n) is 11.7. The Kier molecular flexibility index (Phi) is 7.16. The van der Waals surface area contributed by atoms with Crippen molar-refractivity contribution in [2.75, 3.05) is 19.6 Å². The fourth-order valence-corrected chi connectivity index (χ4v) is 2.83. The number of rotatable bonds is 7. The molecule has 0 fully saturated rings. The van der Waals surface area contributed by atoms with Gasteiger partial charge in [0.15, 0.2) is 5.17 Å². The fourth-order valence-electron chi connectivity index (χ4n) is 1.68. The lowest BCUT2D eigenvalue weighted by molar-refractivity contribution is -0.121. The highest BCUT2D eigenvalue weighted by Gasteiger charge is 2.18. The van der Waals surface area contributed by atoms with E-state index in [9.17, 15) is 4.79 Å². The van der Waals surface area contributed by atoms with E-state index in [4.69, 9.17) is 0 Å². The summed E-state index contributed by atoms with van der Waals surface area (Å²) in [4.78, 5) is 15.9. The molecule has 5 heteroatoms. The fraction of sp³-hybridized carbons (Fsp3) is 0.846. The summed E-state index contributed by atoms with van der Waals surface area (Å²) < 4.78 is 0. The number of amides is 1. The maximum Gasteiger partial charge on any atom is 0.221 e. The predicted octanol–water partition coefficient (Wildman–Crippen LogP) is 2.01. The first kappa shape index (κ1) is 15.3. The van der Waals surface area contributed by atoms with Gasteiger partial charge in [0.25, 0.3) is 0 Å². The first-order valence-corrected chi connectivity index (χ1v) is 7.71. The number of thioether (sulfide) groups is 1. The van der Waals surface area contributed by atoms with Crippen LogP contribution in [0.15, 0.2) is 4.99 Å². The van der Waals surface area contributed by atoms with Gasteiger partial charge < -0.3 is 10.6 Å². The van der Waals surface area contributed by atoms with Gasteiger partial charge >= 0.3 is 0 Å². The van der Waals surface area contributed by atoms with Crippen molar-refractivity contribution in [2.24, 2.45) is 10.9 Å². The normalized spacial score (nSPS) is 18.9. The third kappa shape index (κ3) is 6.28. The Morgan fingerprint density at radius 1 is 1.56 bits per heavy atom. The van der Waals surface area contributed by atoms with Crippen LogP contribution in [-0.4, -0.2) is 36.0 Å². The summed E-state index contributed by atoms with van der Waals surface area (Å²) in [5, 5.41) is 7.79. The van der Waals surface area contributed by atoms with E-state index in [1.54, 1.807) is 0 Å². The van der Waals surface area contributed by atoms with Crippen molar-refractivity contribution < 1.29 is 4.79 Å². The molecule has 0 bridgehead atoms. The number of nitrogens with zero attached hydrogens (tertiary/aromatic N) is 1. The van der Waals surface area contributed by atoms with Gasteiger partial charge in [-0.3, -0.25) is 9.79 Å². The van der Waals surface area contributed by atoms with Gasteiger partial charge in [-0.1, -0.05) is 39.0 Å². The molecule has 1 unspecified atom stereocenters. The van der Waals surface area contributed by atoms with E-state index < -0.39 is 0 Å². The minimum absolute atomic E-state index is 0.116. The van der Waals surface area contributed by atoms with Gasteiger partial charge in [-0.2, -0.15) is 0 Å². The van der Waals surface area contributed by atoms with Gasteiger partial charge in [-0.05, 0) is 12.3 Å². The first-order valence-electron chi connectivity index (χ1n) is 6.83. The number of hydrogen-bond acceptors (Lipinski definition) is 4. The quantitative estimate of drug-likeness (QED) is 0.745. The molecule has 1 aliphatic rings. The van der Waals surface area contributed by atoms with E-state index >= 15 is 0 Å². The van der Waals surface area contributed by atoms with Crippen molar-refractivity contribution in [3.05, 3.63) is 0 Å². The second-order valence-electron chi connectivity index (χ2n) is 5.05. The highest BCUT2D eigenvalue weighted by atomic mass is 32.2. The largest absolute Gasteiger partial charge is 0.364 e. The molecule has 1 heterocycles. The zero-order valence-corrected chi connectivity index (χ0v) is 12.5. The molecular formula is C13H25N3OS.